The van der Waals surface area contributed by atoms with Crippen molar-refractivity contribution in [1.29, 1.82) is 0 Å². The Kier molecular flexibility index (Phi) is 3.27. The highest BCUT2D eigenvalue weighted by Crippen LogP contribution is 2.15. The number of hydrogen-bond donors (Lipinski definition) is 2. The number of rotatable bonds is 3. The van der Waals surface area contributed by atoms with Crippen molar-refractivity contribution in [2.45, 2.75) is 13.8 Å². The monoisotopic (exact) mass is 245 g/mol. The summed E-state index contributed by atoms with van der Waals surface area (Å²) in [6.07, 6.45) is 6.71. The summed E-state index contributed by atoms with van der Waals surface area (Å²) in [4.78, 5) is 11.7. The maximum atomic E-state index is 11.7. The molecule has 94 valence electrons. The van der Waals surface area contributed by atoms with Gasteiger partial charge in [0.15, 0.2) is 0 Å². The van der Waals surface area contributed by atoms with Gasteiger partial charge in [-0.2, -0.15) is 10.2 Å². The highest BCUT2D eigenvalue weighted by Gasteiger charge is 2.07. The third-order valence-electron chi connectivity index (χ3n) is 2.53. The number of aryl methyl sites for hydroxylation is 3. The molecule has 0 aliphatic heterocycles. The van der Waals surface area contributed by atoms with E-state index in [9.17, 15) is 4.79 Å². The Morgan fingerprint density at radius 3 is 2.83 bits per heavy atom. The van der Waals surface area contributed by atoms with Crippen LogP contribution in [0.25, 0.3) is 6.08 Å². The Morgan fingerprint density at radius 2 is 2.28 bits per heavy atom. The Morgan fingerprint density at radius 1 is 1.50 bits per heavy atom. The molecule has 0 bridgehead atoms. The van der Waals surface area contributed by atoms with E-state index in [-0.39, 0.29) is 5.91 Å². The molecule has 1 amide bonds. The molecule has 2 N–H and O–H groups in total. The number of anilines is 1. The molecule has 2 heterocycles. The molecule has 0 saturated heterocycles. The van der Waals surface area contributed by atoms with Crippen LogP contribution in [-0.4, -0.2) is 25.9 Å². The summed E-state index contributed by atoms with van der Waals surface area (Å²) >= 11 is 0. The van der Waals surface area contributed by atoms with Crippen molar-refractivity contribution >= 4 is 17.7 Å². The van der Waals surface area contributed by atoms with E-state index in [1.54, 1.807) is 17.0 Å². The van der Waals surface area contributed by atoms with Crippen LogP contribution in [0.3, 0.4) is 0 Å². The van der Waals surface area contributed by atoms with Gasteiger partial charge in [0, 0.05) is 24.9 Å². The summed E-state index contributed by atoms with van der Waals surface area (Å²) in [5.41, 5.74) is 3.23. The van der Waals surface area contributed by atoms with E-state index in [4.69, 9.17) is 0 Å². The van der Waals surface area contributed by atoms with E-state index < -0.39 is 0 Å². The summed E-state index contributed by atoms with van der Waals surface area (Å²) < 4.78 is 1.68. The van der Waals surface area contributed by atoms with E-state index in [0.29, 0.717) is 0 Å². The summed E-state index contributed by atoms with van der Waals surface area (Å²) in [7, 11) is 1.83. The minimum absolute atomic E-state index is 0.188. The number of amides is 1. The van der Waals surface area contributed by atoms with Crippen LogP contribution in [0.1, 0.15) is 17.0 Å². The minimum atomic E-state index is -0.188. The van der Waals surface area contributed by atoms with Crippen LogP contribution in [0.5, 0.6) is 0 Å². The summed E-state index contributed by atoms with van der Waals surface area (Å²) in [5, 5.41) is 13.6. The molecule has 0 aromatic carbocycles. The summed E-state index contributed by atoms with van der Waals surface area (Å²) in [5.74, 6) is -0.188. The van der Waals surface area contributed by atoms with Crippen molar-refractivity contribution in [3.8, 4) is 0 Å². The number of carbonyl (C=O) groups is 1. The molecule has 2 aromatic heterocycles. The van der Waals surface area contributed by atoms with Gasteiger partial charge in [0.05, 0.1) is 23.3 Å². The lowest BCUT2D eigenvalue weighted by Gasteiger charge is -2.00. The number of nitrogens with zero attached hydrogens (tertiary/aromatic N) is 3. The topological polar surface area (TPSA) is 75.6 Å². The highest BCUT2D eigenvalue weighted by atomic mass is 16.1. The van der Waals surface area contributed by atoms with Crippen LogP contribution >= 0.6 is 0 Å². The number of aromatic nitrogens is 4. The lowest BCUT2D eigenvalue weighted by Crippen LogP contribution is -2.09. The maximum absolute atomic E-state index is 11.7. The zero-order valence-electron chi connectivity index (χ0n) is 10.6. The molecule has 0 aliphatic rings. The number of carbonyl (C=O) groups excluding carboxylic acids is 1. The van der Waals surface area contributed by atoms with Gasteiger partial charge >= 0.3 is 0 Å². The SMILES string of the molecule is Cc1n[nH]c(C)c1NC(=O)/C=C/c1cnn(C)c1. The van der Waals surface area contributed by atoms with Crippen LogP contribution in [0.2, 0.25) is 0 Å². The third-order valence-corrected chi connectivity index (χ3v) is 2.53. The quantitative estimate of drug-likeness (QED) is 0.803. The smallest absolute Gasteiger partial charge is 0.248 e. The standard InChI is InChI=1S/C12H15N5O/c1-8-12(9(2)16-15-8)14-11(18)5-4-10-6-13-17(3)7-10/h4-7H,1-3H3,(H,14,18)(H,15,16)/b5-4+. The van der Waals surface area contributed by atoms with Crippen molar-refractivity contribution in [3.05, 3.63) is 35.4 Å². The average Bonchev–Trinajstić information content (AvgIpc) is 2.87. The van der Waals surface area contributed by atoms with Crippen molar-refractivity contribution in [1.82, 2.24) is 20.0 Å². The van der Waals surface area contributed by atoms with Gasteiger partial charge in [0.25, 0.3) is 0 Å². The van der Waals surface area contributed by atoms with Crippen molar-refractivity contribution in [3.63, 3.8) is 0 Å². The van der Waals surface area contributed by atoms with Gasteiger partial charge in [0.1, 0.15) is 0 Å². The van der Waals surface area contributed by atoms with Gasteiger partial charge in [-0.25, -0.2) is 0 Å². The lowest BCUT2D eigenvalue weighted by molar-refractivity contribution is -0.111. The fourth-order valence-corrected chi connectivity index (χ4v) is 1.60. The molecule has 6 heteroatoms. The van der Waals surface area contributed by atoms with E-state index in [1.807, 2.05) is 27.1 Å². The molecule has 18 heavy (non-hydrogen) atoms. The predicted molar refractivity (Wildman–Crippen MR) is 68.9 cm³/mol. The first-order valence-corrected chi connectivity index (χ1v) is 5.55. The number of H-pyrrole nitrogens is 1. The maximum Gasteiger partial charge on any atom is 0.248 e. The van der Waals surface area contributed by atoms with Gasteiger partial charge < -0.3 is 5.32 Å². The Bertz CT molecular complexity index is 574. The van der Waals surface area contributed by atoms with Gasteiger partial charge in [-0.05, 0) is 19.9 Å². The van der Waals surface area contributed by atoms with Crippen molar-refractivity contribution in [2.75, 3.05) is 5.32 Å². The van der Waals surface area contributed by atoms with Gasteiger partial charge in [-0.15, -0.1) is 0 Å². The molecule has 0 fully saturated rings. The van der Waals surface area contributed by atoms with Gasteiger partial charge in [-0.3, -0.25) is 14.6 Å². The molecule has 2 rings (SSSR count). The second-order valence-corrected chi connectivity index (χ2v) is 4.08. The molecule has 0 unspecified atom stereocenters. The van der Waals surface area contributed by atoms with Gasteiger partial charge in [0.2, 0.25) is 5.91 Å². The third kappa shape index (κ3) is 2.65. The fourth-order valence-electron chi connectivity index (χ4n) is 1.60. The Hall–Kier alpha value is -2.37. The first kappa shape index (κ1) is 12.1. The number of nitrogens with one attached hydrogen (secondary N) is 2. The molecule has 0 saturated carbocycles. The zero-order valence-corrected chi connectivity index (χ0v) is 10.6. The molecule has 6 nitrogen and oxygen atoms in total. The summed E-state index contributed by atoms with van der Waals surface area (Å²) in [6.45, 7) is 3.70. The highest BCUT2D eigenvalue weighted by molar-refractivity contribution is 6.02. The average molecular weight is 245 g/mol. The van der Waals surface area contributed by atoms with Crippen LogP contribution in [0, 0.1) is 13.8 Å². The fraction of sp³-hybridized carbons (Fsp3) is 0.250. The number of hydrogen-bond acceptors (Lipinski definition) is 3. The predicted octanol–water partition coefficient (Wildman–Crippen LogP) is 1.41. The first-order valence-electron chi connectivity index (χ1n) is 5.55. The largest absolute Gasteiger partial charge is 0.319 e. The normalized spacial score (nSPS) is 11.1. The number of aromatic amines is 1. The van der Waals surface area contributed by atoms with Crippen LogP contribution in [0.15, 0.2) is 18.5 Å². The van der Waals surface area contributed by atoms with Crippen molar-refractivity contribution < 1.29 is 4.79 Å². The van der Waals surface area contributed by atoms with Gasteiger partial charge in [-0.1, -0.05) is 0 Å². The zero-order chi connectivity index (χ0) is 13.1. The molecule has 0 aliphatic carbocycles. The van der Waals surface area contributed by atoms with Crippen molar-refractivity contribution in [2.24, 2.45) is 7.05 Å². The molecule has 2 aromatic rings. The molecule has 0 radical (unpaired) electrons. The second-order valence-electron chi connectivity index (χ2n) is 4.08. The van der Waals surface area contributed by atoms with E-state index in [0.717, 1.165) is 22.6 Å². The molecule has 0 spiro atoms. The van der Waals surface area contributed by atoms with Crippen LogP contribution in [0.4, 0.5) is 5.69 Å². The van der Waals surface area contributed by atoms with E-state index in [1.165, 1.54) is 6.08 Å². The summed E-state index contributed by atoms with van der Waals surface area (Å²) in [6, 6.07) is 0. The molecule has 0 atom stereocenters. The molecular formula is C12H15N5O. The first-order chi connectivity index (χ1) is 8.56. The van der Waals surface area contributed by atoms with Crippen LogP contribution < -0.4 is 5.32 Å². The Labute approximate surface area is 105 Å². The Balaban J connectivity index is 2.03. The minimum Gasteiger partial charge on any atom is -0.319 e. The molecular weight excluding hydrogens is 230 g/mol. The second kappa shape index (κ2) is 4.87. The van der Waals surface area contributed by atoms with E-state index >= 15 is 0 Å². The lowest BCUT2D eigenvalue weighted by atomic mass is 10.3. The van der Waals surface area contributed by atoms with E-state index in [2.05, 4.69) is 20.6 Å². The van der Waals surface area contributed by atoms with Crippen LogP contribution in [-0.2, 0) is 11.8 Å².